The fraction of sp³-hybridized carbons (Fsp3) is 0.263. The number of hydrogen-bond acceptors (Lipinski definition) is 4. The van der Waals surface area contributed by atoms with E-state index in [1.807, 2.05) is 26.0 Å². The zero-order chi connectivity index (χ0) is 19.1. The van der Waals surface area contributed by atoms with E-state index in [2.05, 4.69) is 10.2 Å². The van der Waals surface area contributed by atoms with Crippen LogP contribution in [0.25, 0.3) is 0 Å². The molecule has 0 aliphatic carbocycles. The van der Waals surface area contributed by atoms with Crippen LogP contribution in [0.1, 0.15) is 24.2 Å². The van der Waals surface area contributed by atoms with Crippen LogP contribution < -0.4 is 10.2 Å². The van der Waals surface area contributed by atoms with Gasteiger partial charge in [-0.3, -0.25) is 4.79 Å². The molecule has 2 rings (SSSR count). The third-order valence-corrected chi connectivity index (χ3v) is 4.00. The molecule has 26 heavy (non-hydrogen) atoms. The number of nitrogens with one attached hydrogen (secondary N) is 1. The molecule has 0 heterocycles. The van der Waals surface area contributed by atoms with E-state index >= 15 is 0 Å². The van der Waals surface area contributed by atoms with Gasteiger partial charge in [-0.05, 0) is 56.3 Å². The zero-order valence-electron chi connectivity index (χ0n) is 14.6. The SMILES string of the molecule is CCN(CC)c1ccc(C(=O)OCC(=O)Nc2cc(Cl)ccc2F)cc1. The van der Waals surface area contributed by atoms with Crippen molar-refractivity contribution in [1.29, 1.82) is 0 Å². The van der Waals surface area contributed by atoms with Crippen LogP contribution in [0.5, 0.6) is 0 Å². The summed E-state index contributed by atoms with van der Waals surface area (Å²) < 4.78 is 18.5. The van der Waals surface area contributed by atoms with Gasteiger partial charge >= 0.3 is 5.97 Å². The van der Waals surface area contributed by atoms with Crippen molar-refractivity contribution in [2.24, 2.45) is 0 Å². The molecule has 2 aromatic carbocycles. The molecule has 0 radical (unpaired) electrons. The first-order valence-corrected chi connectivity index (χ1v) is 8.59. The maximum absolute atomic E-state index is 13.6. The Labute approximate surface area is 156 Å². The first-order chi connectivity index (χ1) is 12.4. The summed E-state index contributed by atoms with van der Waals surface area (Å²) in [4.78, 5) is 26.0. The molecule has 138 valence electrons. The topological polar surface area (TPSA) is 58.6 Å². The van der Waals surface area contributed by atoms with Gasteiger partial charge in [0.15, 0.2) is 6.61 Å². The van der Waals surface area contributed by atoms with Crippen molar-refractivity contribution in [3.05, 3.63) is 58.9 Å². The monoisotopic (exact) mass is 378 g/mol. The number of benzene rings is 2. The van der Waals surface area contributed by atoms with Crippen LogP contribution in [0.15, 0.2) is 42.5 Å². The smallest absolute Gasteiger partial charge is 0.338 e. The molecule has 1 amide bonds. The van der Waals surface area contributed by atoms with Crippen LogP contribution in [0.3, 0.4) is 0 Å². The largest absolute Gasteiger partial charge is 0.452 e. The van der Waals surface area contributed by atoms with Gasteiger partial charge in [0.1, 0.15) is 5.82 Å². The fourth-order valence-corrected chi connectivity index (χ4v) is 2.56. The average molecular weight is 379 g/mol. The average Bonchev–Trinajstić information content (AvgIpc) is 2.64. The Morgan fingerprint density at radius 3 is 2.38 bits per heavy atom. The normalized spacial score (nSPS) is 10.3. The molecule has 0 spiro atoms. The Balaban J connectivity index is 1.91. The molecule has 0 bridgehead atoms. The molecular weight excluding hydrogens is 359 g/mol. The van der Waals surface area contributed by atoms with E-state index in [-0.39, 0.29) is 10.7 Å². The van der Waals surface area contributed by atoms with Gasteiger partial charge in [-0.15, -0.1) is 0 Å². The van der Waals surface area contributed by atoms with Crippen molar-refractivity contribution in [2.45, 2.75) is 13.8 Å². The number of rotatable bonds is 7. The summed E-state index contributed by atoms with van der Waals surface area (Å²) in [6.45, 7) is 5.30. The van der Waals surface area contributed by atoms with E-state index < -0.39 is 24.3 Å². The number of carbonyl (C=O) groups excluding carboxylic acids is 2. The van der Waals surface area contributed by atoms with Crippen molar-refractivity contribution in [2.75, 3.05) is 29.9 Å². The van der Waals surface area contributed by atoms with Gasteiger partial charge in [0, 0.05) is 23.8 Å². The zero-order valence-corrected chi connectivity index (χ0v) is 15.3. The summed E-state index contributed by atoms with van der Waals surface area (Å²) in [5.74, 6) is -1.90. The highest BCUT2D eigenvalue weighted by atomic mass is 35.5. The lowest BCUT2D eigenvalue weighted by Crippen LogP contribution is -2.22. The number of amides is 1. The maximum Gasteiger partial charge on any atom is 0.338 e. The molecule has 0 fully saturated rings. The molecule has 1 N–H and O–H groups in total. The molecule has 0 aliphatic heterocycles. The summed E-state index contributed by atoms with van der Waals surface area (Å²) in [6, 6.07) is 10.7. The van der Waals surface area contributed by atoms with Crippen LogP contribution in [0.2, 0.25) is 5.02 Å². The number of nitrogens with zero attached hydrogens (tertiary/aromatic N) is 1. The number of esters is 1. The molecule has 0 aliphatic rings. The molecule has 0 unspecified atom stereocenters. The highest BCUT2D eigenvalue weighted by Crippen LogP contribution is 2.19. The predicted octanol–water partition coefficient (Wildman–Crippen LogP) is 4.12. The third kappa shape index (κ3) is 5.20. The predicted molar refractivity (Wildman–Crippen MR) is 100 cm³/mol. The summed E-state index contributed by atoms with van der Waals surface area (Å²) in [5.41, 5.74) is 1.27. The quantitative estimate of drug-likeness (QED) is 0.736. The Bertz CT molecular complexity index is 777. The molecule has 0 saturated carbocycles. The Morgan fingerprint density at radius 1 is 1.12 bits per heavy atom. The van der Waals surface area contributed by atoms with E-state index in [0.717, 1.165) is 24.8 Å². The van der Waals surface area contributed by atoms with Gasteiger partial charge in [0.05, 0.1) is 11.3 Å². The molecule has 7 heteroatoms. The number of halogens is 2. The van der Waals surface area contributed by atoms with Gasteiger partial charge < -0.3 is 15.0 Å². The van der Waals surface area contributed by atoms with Crippen LogP contribution in [-0.2, 0) is 9.53 Å². The molecular formula is C19H20ClFN2O3. The summed E-state index contributed by atoms with van der Waals surface area (Å²) in [6.07, 6.45) is 0. The minimum absolute atomic E-state index is 0.0675. The van der Waals surface area contributed by atoms with Gasteiger partial charge in [-0.2, -0.15) is 0 Å². The van der Waals surface area contributed by atoms with Gasteiger partial charge in [-0.25, -0.2) is 9.18 Å². The number of hydrogen-bond donors (Lipinski definition) is 1. The molecule has 0 atom stereocenters. The van der Waals surface area contributed by atoms with Gasteiger partial charge in [0.25, 0.3) is 5.91 Å². The third-order valence-electron chi connectivity index (χ3n) is 3.77. The molecule has 2 aromatic rings. The Morgan fingerprint density at radius 2 is 1.77 bits per heavy atom. The van der Waals surface area contributed by atoms with Crippen LogP contribution >= 0.6 is 11.6 Å². The minimum atomic E-state index is -0.653. The van der Waals surface area contributed by atoms with E-state index in [0.29, 0.717) is 5.56 Å². The lowest BCUT2D eigenvalue weighted by Gasteiger charge is -2.20. The standard InChI is InChI=1S/C19H20ClFN2O3/c1-3-23(4-2)15-8-5-13(6-9-15)19(25)26-12-18(24)22-17-11-14(20)7-10-16(17)21/h5-11H,3-4,12H2,1-2H3,(H,22,24). The summed E-state index contributed by atoms with van der Waals surface area (Å²) in [7, 11) is 0. The molecule has 0 saturated heterocycles. The van der Waals surface area contributed by atoms with Gasteiger partial charge in [-0.1, -0.05) is 11.6 Å². The second-order valence-corrected chi connectivity index (χ2v) is 5.90. The molecule has 0 aromatic heterocycles. The van der Waals surface area contributed by atoms with Crippen LogP contribution in [0, 0.1) is 5.82 Å². The van der Waals surface area contributed by atoms with E-state index in [1.54, 1.807) is 12.1 Å². The van der Waals surface area contributed by atoms with Gasteiger partial charge in [0.2, 0.25) is 0 Å². The highest BCUT2D eigenvalue weighted by molar-refractivity contribution is 6.30. The minimum Gasteiger partial charge on any atom is -0.452 e. The van der Waals surface area contributed by atoms with E-state index in [4.69, 9.17) is 16.3 Å². The first kappa shape index (κ1) is 19.7. The second-order valence-electron chi connectivity index (χ2n) is 5.47. The first-order valence-electron chi connectivity index (χ1n) is 8.21. The van der Waals surface area contributed by atoms with Crippen molar-refractivity contribution < 1.29 is 18.7 Å². The lowest BCUT2D eigenvalue weighted by molar-refractivity contribution is -0.119. The number of anilines is 2. The number of carbonyl (C=O) groups is 2. The van der Waals surface area contributed by atoms with E-state index in [9.17, 15) is 14.0 Å². The van der Waals surface area contributed by atoms with Crippen LogP contribution in [0.4, 0.5) is 15.8 Å². The lowest BCUT2D eigenvalue weighted by atomic mass is 10.2. The highest BCUT2D eigenvalue weighted by Gasteiger charge is 2.13. The Kier molecular flexibility index (Phi) is 6.97. The van der Waals surface area contributed by atoms with E-state index in [1.165, 1.54) is 12.1 Å². The molecule has 5 nitrogen and oxygen atoms in total. The van der Waals surface area contributed by atoms with Crippen molar-refractivity contribution in [3.63, 3.8) is 0 Å². The Hall–Kier alpha value is -2.60. The fourth-order valence-electron chi connectivity index (χ4n) is 2.39. The summed E-state index contributed by atoms with van der Waals surface area (Å²) in [5, 5.41) is 2.60. The second kappa shape index (κ2) is 9.20. The number of ether oxygens (including phenoxy) is 1. The maximum atomic E-state index is 13.6. The van der Waals surface area contributed by atoms with Crippen molar-refractivity contribution in [3.8, 4) is 0 Å². The summed E-state index contributed by atoms with van der Waals surface area (Å²) >= 11 is 5.76. The van der Waals surface area contributed by atoms with Crippen molar-refractivity contribution >= 4 is 34.9 Å². The van der Waals surface area contributed by atoms with Crippen LogP contribution in [-0.4, -0.2) is 31.6 Å². The van der Waals surface area contributed by atoms with Crippen molar-refractivity contribution in [1.82, 2.24) is 0 Å².